The van der Waals surface area contributed by atoms with Gasteiger partial charge in [-0.25, -0.2) is 0 Å². The van der Waals surface area contributed by atoms with Gasteiger partial charge in [0, 0.05) is 6.04 Å². The number of hydrogen-bond donors (Lipinski definition) is 1. The summed E-state index contributed by atoms with van der Waals surface area (Å²) in [6.45, 7) is 2.75. The highest BCUT2D eigenvalue weighted by atomic mass is 16.2. The Morgan fingerprint density at radius 2 is 1.94 bits per heavy atom. The van der Waals surface area contributed by atoms with Crippen molar-refractivity contribution in [1.82, 2.24) is 10.2 Å². The third-order valence-electron chi connectivity index (χ3n) is 3.89. The lowest BCUT2D eigenvalue weighted by Crippen LogP contribution is -2.44. The van der Waals surface area contributed by atoms with Crippen molar-refractivity contribution in [2.45, 2.75) is 70.5 Å². The predicted molar refractivity (Wildman–Crippen MR) is 65.0 cm³/mol. The lowest BCUT2D eigenvalue weighted by molar-refractivity contribution is -0.130. The van der Waals surface area contributed by atoms with E-state index in [1.54, 1.807) is 0 Å². The van der Waals surface area contributed by atoms with Crippen LogP contribution in [0.5, 0.6) is 0 Å². The van der Waals surface area contributed by atoms with Crippen molar-refractivity contribution < 1.29 is 4.79 Å². The third-order valence-corrected chi connectivity index (χ3v) is 3.89. The van der Waals surface area contributed by atoms with Crippen LogP contribution in [0.15, 0.2) is 0 Å². The van der Waals surface area contributed by atoms with Gasteiger partial charge in [-0.2, -0.15) is 0 Å². The first-order valence-electron chi connectivity index (χ1n) is 6.87. The van der Waals surface area contributed by atoms with E-state index in [0.29, 0.717) is 24.7 Å². The first-order chi connectivity index (χ1) is 7.83. The molecule has 0 aromatic carbocycles. The van der Waals surface area contributed by atoms with Gasteiger partial charge in [0.25, 0.3) is 0 Å². The number of amides is 1. The molecule has 1 heterocycles. The highest BCUT2D eigenvalue weighted by Crippen LogP contribution is 2.25. The maximum atomic E-state index is 11.9. The van der Waals surface area contributed by atoms with Crippen molar-refractivity contribution in [1.29, 1.82) is 0 Å². The SMILES string of the molecule is CCCC1NCC(=O)N1C1CCCCCC1. The average Bonchev–Trinajstić information content (AvgIpc) is 2.53. The van der Waals surface area contributed by atoms with Gasteiger partial charge in [-0.3, -0.25) is 10.1 Å². The van der Waals surface area contributed by atoms with Gasteiger partial charge in [-0.1, -0.05) is 39.0 Å². The molecule has 3 heteroatoms. The Morgan fingerprint density at radius 1 is 1.25 bits per heavy atom. The summed E-state index contributed by atoms with van der Waals surface area (Å²) >= 11 is 0. The van der Waals surface area contributed by atoms with Crippen molar-refractivity contribution in [2.75, 3.05) is 6.54 Å². The van der Waals surface area contributed by atoms with Crippen molar-refractivity contribution in [3.8, 4) is 0 Å². The predicted octanol–water partition coefficient (Wildman–Crippen LogP) is 2.27. The van der Waals surface area contributed by atoms with E-state index in [0.717, 1.165) is 12.8 Å². The van der Waals surface area contributed by atoms with E-state index in [9.17, 15) is 4.79 Å². The fourth-order valence-corrected chi connectivity index (χ4v) is 3.08. The van der Waals surface area contributed by atoms with Crippen molar-refractivity contribution >= 4 is 5.91 Å². The van der Waals surface area contributed by atoms with E-state index in [4.69, 9.17) is 0 Å². The third kappa shape index (κ3) is 2.57. The Morgan fingerprint density at radius 3 is 2.56 bits per heavy atom. The lowest BCUT2D eigenvalue weighted by atomic mass is 10.1. The summed E-state index contributed by atoms with van der Waals surface area (Å²) in [6.07, 6.45) is 10.3. The number of rotatable bonds is 3. The normalized spacial score (nSPS) is 28.4. The summed E-state index contributed by atoms with van der Waals surface area (Å²) in [5.74, 6) is 0.324. The van der Waals surface area contributed by atoms with Crippen LogP contribution in [-0.4, -0.2) is 29.6 Å². The Bertz CT molecular complexity index is 234. The maximum absolute atomic E-state index is 11.9. The molecule has 16 heavy (non-hydrogen) atoms. The Balaban J connectivity index is 2.00. The van der Waals surface area contributed by atoms with Crippen LogP contribution in [-0.2, 0) is 4.79 Å². The zero-order valence-corrected chi connectivity index (χ0v) is 10.4. The van der Waals surface area contributed by atoms with Crippen LogP contribution in [0.1, 0.15) is 58.3 Å². The molecule has 1 atom stereocenters. The number of hydrogen-bond acceptors (Lipinski definition) is 2. The summed E-state index contributed by atoms with van der Waals surface area (Å²) in [5.41, 5.74) is 0. The van der Waals surface area contributed by atoms with Crippen molar-refractivity contribution in [2.24, 2.45) is 0 Å². The topological polar surface area (TPSA) is 32.3 Å². The van der Waals surface area contributed by atoms with E-state index in [1.165, 1.54) is 38.5 Å². The van der Waals surface area contributed by atoms with Crippen LogP contribution in [0.3, 0.4) is 0 Å². The molecule has 1 saturated heterocycles. The molecule has 2 aliphatic rings. The first-order valence-corrected chi connectivity index (χ1v) is 6.87. The molecule has 1 unspecified atom stereocenters. The van der Waals surface area contributed by atoms with E-state index >= 15 is 0 Å². The van der Waals surface area contributed by atoms with Gasteiger partial charge < -0.3 is 4.90 Å². The standard InChI is InChI=1S/C13H24N2O/c1-2-7-12-14-10-13(16)15(12)11-8-5-3-4-6-9-11/h11-12,14H,2-10H2,1H3. The molecule has 2 rings (SSSR count). The zero-order chi connectivity index (χ0) is 11.4. The van der Waals surface area contributed by atoms with Crippen molar-refractivity contribution in [3.63, 3.8) is 0 Å². The second-order valence-electron chi connectivity index (χ2n) is 5.13. The van der Waals surface area contributed by atoms with Crippen molar-refractivity contribution in [3.05, 3.63) is 0 Å². The van der Waals surface area contributed by atoms with Gasteiger partial charge in [0.1, 0.15) is 0 Å². The Labute approximate surface area is 98.6 Å². The number of nitrogens with zero attached hydrogens (tertiary/aromatic N) is 1. The van der Waals surface area contributed by atoms with Crippen LogP contribution in [0.4, 0.5) is 0 Å². The van der Waals surface area contributed by atoms with E-state index in [-0.39, 0.29) is 0 Å². The number of nitrogens with one attached hydrogen (secondary N) is 1. The van der Waals surface area contributed by atoms with Gasteiger partial charge in [0.2, 0.25) is 5.91 Å². The minimum atomic E-state index is 0.320. The molecule has 0 spiro atoms. The minimum absolute atomic E-state index is 0.320. The smallest absolute Gasteiger partial charge is 0.238 e. The summed E-state index contributed by atoms with van der Waals surface area (Å²) in [6, 6.07) is 0.515. The molecule has 0 bridgehead atoms. The summed E-state index contributed by atoms with van der Waals surface area (Å²) in [5, 5.41) is 3.35. The fraction of sp³-hybridized carbons (Fsp3) is 0.923. The lowest BCUT2D eigenvalue weighted by Gasteiger charge is -2.32. The summed E-state index contributed by atoms with van der Waals surface area (Å²) < 4.78 is 0. The van der Waals surface area contributed by atoms with Crippen LogP contribution in [0, 0.1) is 0 Å². The van der Waals surface area contributed by atoms with Crippen LogP contribution in [0.25, 0.3) is 0 Å². The first kappa shape index (κ1) is 11.9. The van der Waals surface area contributed by atoms with Crippen LogP contribution >= 0.6 is 0 Å². The molecule has 0 aromatic heterocycles. The monoisotopic (exact) mass is 224 g/mol. The minimum Gasteiger partial charge on any atom is -0.323 e. The molecule has 92 valence electrons. The van der Waals surface area contributed by atoms with Gasteiger partial charge in [-0.05, 0) is 19.3 Å². The van der Waals surface area contributed by atoms with E-state index < -0.39 is 0 Å². The molecule has 1 amide bonds. The second-order valence-corrected chi connectivity index (χ2v) is 5.13. The molecule has 0 radical (unpaired) electrons. The molecular formula is C13H24N2O. The quantitative estimate of drug-likeness (QED) is 0.746. The Kier molecular flexibility index (Phi) is 4.22. The summed E-state index contributed by atoms with van der Waals surface area (Å²) in [7, 11) is 0. The van der Waals surface area contributed by atoms with E-state index in [1.807, 2.05) is 0 Å². The molecule has 0 aromatic rings. The van der Waals surface area contributed by atoms with E-state index in [2.05, 4.69) is 17.1 Å². The molecule has 1 aliphatic heterocycles. The molecule has 1 N–H and O–H groups in total. The zero-order valence-electron chi connectivity index (χ0n) is 10.4. The highest BCUT2D eigenvalue weighted by Gasteiger charge is 2.34. The summed E-state index contributed by atoms with van der Waals surface area (Å²) in [4.78, 5) is 14.1. The van der Waals surface area contributed by atoms with Gasteiger partial charge in [0.05, 0.1) is 12.7 Å². The molecule has 1 aliphatic carbocycles. The largest absolute Gasteiger partial charge is 0.323 e. The molecule has 1 saturated carbocycles. The van der Waals surface area contributed by atoms with Gasteiger partial charge in [-0.15, -0.1) is 0 Å². The average molecular weight is 224 g/mol. The van der Waals surface area contributed by atoms with Crippen LogP contribution in [0.2, 0.25) is 0 Å². The van der Waals surface area contributed by atoms with Gasteiger partial charge in [0.15, 0.2) is 0 Å². The second kappa shape index (κ2) is 5.67. The number of carbonyl (C=O) groups excluding carboxylic acids is 1. The number of carbonyl (C=O) groups is 1. The molecule has 2 fully saturated rings. The fourth-order valence-electron chi connectivity index (χ4n) is 3.08. The van der Waals surface area contributed by atoms with Gasteiger partial charge >= 0.3 is 0 Å². The highest BCUT2D eigenvalue weighted by molar-refractivity contribution is 5.81. The molecular weight excluding hydrogens is 200 g/mol. The Hall–Kier alpha value is -0.570. The molecule has 3 nitrogen and oxygen atoms in total. The van der Waals surface area contributed by atoms with Crippen LogP contribution < -0.4 is 5.32 Å². The maximum Gasteiger partial charge on any atom is 0.238 e.